The zero-order chi connectivity index (χ0) is 70.5. The summed E-state index contributed by atoms with van der Waals surface area (Å²) in [6, 6.07) is 103. The third-order valence-corrected chi connectivity index (χ3v) is 21.8. The lowest BCUT2D eigenvalue weighted by Gasteiger charge is -2.23. The van der Waals surface area contributed by atoms with Gasteiger partial charge in [-0.2, -0.15) is 0 Å². The van der Waals surface area contributed by atoms with Gasteiger partial charge in [0.25, 0.3) is 0 Å². The van der Waals surface area contributed by atoms with E-state index < -0.39 is 0 Å². The molecule has 2 atom stereocenters. The van der Waals surface area contributed by atoms with Crippen molar-refractivity contribution in [2.24, 2.45) is 0 Å². The van der Waals surface area contributed by atoms with Crippen LogP contribution in [-0.4, -0.2) is 47.3 Å². The van der Waals surface area contributed by atoms with Gasteiger partial charge < -0.3 is 18.1 Å². The highest BCUT2D eigenvalue weighted by molar-refractivity contribution is 6.13. The van der Waals surface area contributed by atoms with Crippen molar-refractivity contribution < 1.29 is 4.42 Å². The fourth-order valence-electron chi connectivity index (χ4n) is 16.9. The summed E-state index contributed by atoms with van der Waals surface area (Å²) in [6.07, 6.45) is 28.7. The van der Waals surface area contributed by atoms with Crippen LogP contribution in [0.2, 0.25) is 0 Å². The van der Waals surface area contributed by atoms with E-state index >= 15 is 0 Å². The van der Waals surface area contributed by atoms with Crippen LogP contribution in [0.3, 0.4) is 0 Å². The lowest BCUT2D eigenvalue weighted by atomic mass is 9.85. The number of benzene rings is 12. The summed E-state index contributed by atoms with van der Waals surface area (Å²) in [6.45, 7) is 0. The van der Waals surface area contributed by atoms with Crippen LogP contribution < -0.4 is 0 Å². The largest absolute Gasteiger partial charge is 0.456 e. The molecule has 12 aromatic carbocycles. The summed E-state index contributed by atoms with van der Waals surface area (Å²) in [4.78, 5) is 20.1. The predicted octanol–water partition coefficient (Wildman–Crippen LogP) is 23.3. The molecule has 506 valence electrons. The molecule has 0 bridgehead atoms. The van der Waals surface area contributed by atoms with Gasteiger partial charge in [0.05, 0.1) is 17.1 Å². The van der Waals surface area contributed by atoms with Crippen molar-refractivity contribution >= 4 is 66.2 Å². The number of imidazole rings is 4. The van der Waals surface area contributed by atoms with Crippen molar-refractivity contribution in [3.8, 4) is 96.0 Å². The molecular weight excluding hydrogens is 1310 g/mol. The van der Waals surface area contributed by atoms with Gasteiger partial charge in [-0.15, -0.1) is 0 Å². The second-order valence-electron chi connectivity index (χ2n) is 27.7. The van der Waals surface area contributed by atoms with Crippen LogP contribution in [0.25, 0.3) is 162 Å². The Hall–Kier alpha value is -14.2. The molecule has 0 aliphatic heterocycles. The summed E-state index contributed by atoms with van der Waals surface area (Å²) in [7, 11) is 0. The van der Waals surface area contributed by atoms with E-state index in [2.05, 4.69) is 349 Å². The molecule has 0 spiro atoms. The summed E-state index contributed by atoms with van der Waals surface area (Å²) >= 11 is 0. The Kier molecular flexibility index (Phi) is 14.6. The van der Waals surface area contributed by atoms with Crippen LogP contribution in [0, 0.1) is 0 Å². The Morgan fingerprint density at radius 3 is 1.25 bits per heavy atom. The number of allylic oxidation sites excluding steroid dienone is 5. The Bertz CT molecular complexity index is 6590. The smallest absolute Gasteiger partial charge is 0.145 e. The standard InChI is InChI=1S/C96H66N10O/c1-5-21-67(22-6-1)101-53-49-97-93(101)77-33-17-13-29-73(77)63-37-43-87-81(57-63)82-58-64(74-30-14-18-34-78(74)94-98-50-54-102(94)68-23-7-2-8-24-68)38-44-88(82)105(87)71-41-47-91-85(61-71)86-62-72(42-48-92(86)107-91)106-89-45-39-65(75-31-15-19-35-79(75)95-99-51-55-103(95)69-25-9-3-10-26-69)59-83(89)84-60-66(40-46-90(84)106)76-32-16-20-36-80(76)96-100-52-56-104(96)70-27-11-4-12-28-70/h1-35,37-60,62,71,80H,36,61H2. The van der Waals surface area contributed by atoms with Crippen LogP contribution in [0.15, 0.2) is 363 Å². The number of hydrogen-bond acceptors (Lipinski definition) is 5. The monoisotopic (exact) mass is 1370 g/mol. The van der Waals surface area contributed by atoms with Gasteiger partial charge in [-0.1, -0.05) is 194 Å². The number of nitrogens with zero attached hydrogens (tertiary/aromatic N) is 10. The van der Waals surface area contributed by atoms with Crippen LogP contribution in [0.4, 0.5) is 0 Å². The highest BCUT2D eigenvalue weighted by atomic mass is 16.3. The van der Waals surface area contributed by atoms with Crippen molar-refractivity contribution in [1.82, 2.24) is 47.3 Å². The molecule has 0 fully saturated rings. The Balaban J connectivity index is 0.705. The van der Waals surface area contributed by atoms with E-state index in [4.69, 9.17) is 24.4 Å². The molecule has 7 aromatic heterocycles. The third-order valence-electron chi connectivity index (χ3n) is 21.8. The zero-order valence-corrected chi connectivity index (χ0v) is 58.1. The maximum Gasteiger partial charge on any atom is 0.145 e. The van der Waals surface area contributed by atoms with E-state index in [0.29, 0.717) is 6.42 Å². The van der Waals surface area contributed by atoms with Gasteiger partial charge in [-0.25, -0.2) is 19.9 Å². The summed E-state index contributed by atoms with van der Waals surface area (Å²) in [5.74, 6) is 4.57. The van der Waals surface area contributed by atoms with Crippen LogP contribution in [0.5, 0.6) is 0 Å². The lowest BCUT2D eigenvalue weighted by Crippen LogP contribution is -2.12. The SMILES string of the molecule is C1=CCC(c2nccn2-c2ccccc2)C(c2ccc3c(c2)c2cc(-c4ccccc4-c4nccn4-c4ccccc4)ccc2n3-c2ccc3oc4c(c3c2)CC(n2c3ccc(-c5ccccc5-c5nccn5-c5ccccc5)cc3c3cc(-c5ccccc5-c5nccn5-c5ccccc5)ccc32)C=C4)=C1. The minimum absolute atomic E-state index is 0.0246. The van der Waals surface area contributed by atoms with Crippen molar-refractivity contribution in [2.75, 3.05) is 0 Å². The van der Waals surface area contributed by atoms with Gasteiger partial charge in [0.15, 0.2) is 0 Å². The van der Waals surface area contributed by atoms with Crippen LogP contribution in [0.1, 0.15) is 41.1 Å². The van der Waals surface area contributed by atoms with E-state index in [1.165, 1.54) is 11.1 Å². The Labute approximate surface area is 616 Å². The Morgan fingerprint density at radius 1 is 0.346 bits per heavy atom. The molecule has 0 amide bonds. The van der Waals surface area contributed by atoms with Gasteiger partial charge in [0, 0.05) is 151 Å². The van der Waals surface area contributed by atoms with Crippen LogP contribution >= 0.6 is 0 Å². The maximum absolute atomic E-state index is 6.92. The van der Waals surface area contributed by atoms with Gasteiger partial charge in [0.1, 0.15) is 34.6 Å². The van der Waals surface area contributed by atoms with E-state index in [0.717, 1.165) is 174 Å². The molecule has 21 rings (SSSR count). The molecule has 0 radical (unpaired) electrons. The molecule has 2 aliphatic carbocycles. The second-order valence-corrected chi connectivity index (χ2v) is 27.7. The first-order valence-electron chi connectivity index (χ1n) is 36.5. The number of rotatable bonds is 14. The fraction of sp³-hybridized carbons (Fsp3) is 0.0417. The molecule has 19 aromatic rings. The summed E-state index contributed by atoms with van der Waals surface area (Å²) in [5, 5.41) is 5.71. The topological polar surface area (TPSA) is 94.3 Å². The van der Waals surface area contributed by atoms with Gasteiger partial charge in [-0.05, 0) is 172 Å². The first kappa shape index (κ1) is 61.5. The molecule has 0 N–H and O–H groups in total. The lowest BCUT2D eigenvalue weighted by molar-refractivity contribution is 0.572. The van der Waals surface area contributed by atoms with Crippen molar-refractivity contribution in [2.45, 2.75) is 24.8 Å². The van der Waals surface area contributed by atoms with Gasteiger partial charge in [-0.3, -0.25) is 13.7 Å². The normalized spacial score (nSPS) is 14.3. The summed E-state index contributed by atoms with van der Waals surface area (Å²) < 4.78 is 20.7. The van der Waals surface area contributed by atoms with Crippen LogP contribution in [-0.2, 0) is 6.42 Å². The van der Waals surface area contributed by atoms with Gasteiger partial charge in [0.2, 0.25) is 0 Å². The van der Waals surface area contributed by atoms with Crippen molar-refractivity contribution in [3.05, 3.63) is 382 Å². The molecule has 0 saturated carbocycles. The predicted molar refractivity (Wildman–Crippen MR) is 434 cm³/mol. The molecular formula is C96H66N10O. The summed E-state index contributed by atoms with van der Waals surface area (Å²) in [5.41, 5.74) is 24.0. The molecule has 11 nitrogen and oxygen atoms in total. The number of para-hydroxylation sites is 4. The maximum atomic E-state index is 6.92. The minimum Gasteiger partial charge on any atom is -0.456 e. The highest BCUT2D eigenvalue weighted by Gasteiger charge is 2.30. The number of fused-ring (bicyclic) bond motifs is 9. The average molecular weight is 1380 g/mol. The number of hydrogen-bond donors (Lipinski definition) is 0. The molecule has 2 aliphatic rings. The third kappa shape index (κ3) is 10.3. The van der Waals surface area contributed by atoms with Crippen molar-refractivity contribution in [1.29, 1.82) is 0 Å². The van der Waals surface area contributed by atoms with Crippen molar-refractivity contribution in [3.63, 3.8) is 0 Å². The Morgan fingerprint density at radius 2 is 0.757 bits per heavy atom. The molecule has 7 heterocycles. The van der Waals surface area contributed by atoms with Gasteiger partial charge >= 0.3 is 0 Å². The first-order valence-corrected chi connectivity index (χ1v) is 36.5. The quantitative estimate of drug-likeness (QED) is 0.108. The zero-order valence-electron chi connectivity index (χ0n) is 58.1. The second kappa shape index (κ2) is 25.4. The molecule has 0 saturated heterocycles. The highest BCUT2D eigenvalue weighted by Crippen LogP contribution is 2.47. The number of furan rings is 1. The number of aromatic nitrogens is 10. The minimum atomic E-state index is -0.0721. The van der Waals surface area contributed by atoms with E-state index in [-0.39, 0.29) is 12.0 Å². The van der Waals surface area contributed by atoms with E-state index in [1.807, 2.05) is 43.4 Å². The molecule has 107 heavy (non-hydrogen) atoms. The molecule has 2 unspecified atom stereocenters. The fourth-order valence-corrected chi connectivity index (χ4v) is 16.9. The van der Waals surface area contributed by atoms with E-state index in [1.54, 1.807) is 0 Å². The first-order chi connectivity index (χ1) is 53.1. The molecule has 11 heteroatoms. The van der Waals surface area contributed by atoms with E-state index in [9.17, 15) is 0 Å². The average Bonchev–Trinajstić information content (AvgIpc) is 1.58.